The third-order valence-corrected chi connectivity index (χ3v) is 2.84. The minimum absolute atomic E-state index is 0.334. The predicted octanol–water partition coefficient (Wildman–Crippen LogP) is 3.09. The van der Waals surface area contributed by atoms with Gasteiger partial charge in [0.05, 0.1) is 11.3 Å². The molecule has 1 aromatic carbocycles. The first-order chi connectivity index (χ1) is 8.90. The van der Waals surface area contributed by atoms with Crippen molar-refractivity contribution in [2.75, 3.05) is 5.73 Å². The molecule has 102 valence electrons. The molecule has 6 heteroatoms. The minimum atomic E-state index is -4.32. The maximum absolute atomic E-state index is 12.6. The summed E-state index contributed by atoms with van der Waals surface area (Å²) >= 11 is 0. The van der Waals surface area contributed by atoms with Crippen LogP contribution in [-0.2, 0) is 19.1 Å². The average Bonchev–Trinajstić information content (AvgIpc) is 2.68. The first kappa shape index (κ1) is 13.5. The average molecular weight is 269 g/mol. The van der Waals surface area contributed by atoms with E-state index in [4.69, 9.17) is 5.73 Å². The van der Waals surface area contributed by atoms with Crippen molar-refractivity contribution in [1.29, 1.82) is 0 Å². The molecule has 0 atom stereocenters. The summed E-state index contributed by atoms with van der Waals surface area (Å²) in [5.74, 6) is 0.379. The lowest BCUT2D eigenvalue weighted by atomic mass is 10.1. The molecule has 0 radical (unpaired) electrons. The Labute approximate surface area is 108 Å². The zero-order valence-electron chi connectivity index (χ0n) is 10.4. The van der Waals surface area contributed by atoms with E-state index in [1.165, 1.54) is 6.07 Å². The molecule has 0 aliphatic heterocycles. The molecule has 1 aromatic heterocycles. The summed E-state index contributed by atoms with van der Waals surface area (Å²) in [6, 6.07) is 5.25. The van der Waals surface area contributed by atoms with Gasteiger partial charge in [-0.25, -0.2) is 4.98 Å². The fourth-order valence-corrected chi connectivity index (χ4v) is 1.89. The summed E-state index contributed by atoms with van der Waals surface area (Å²) < 4.78 is 39.5. The second-order valence-electron chi connectivity index (χ2n) is 4.25. The highest BCUT2D eigenvalue weighted by atomic mass is 19.4. The highest BCUT2D eigenvalue weighted by Crippen LogP contribution is 2.29. The van der Waals surface area contributed by atoms with Gasteiger partial charge in [-0.3, -0.25) is 0 Å². The number of hydrogen-bond donors (Lipinski definition) is 1. The Bertz CT molecular complexity index is 573. The molecular weight excluding hydrogens is 255 g/mol. The van der Waals surface area contributed by atoms with Crippen LogP contribution in [0.3, 0.4) is 0 Å². The zero-order chi connectivity index (χ0) is 14.0. The highest BCUT2D eigenvalue weighted by Gasteiger charge is 2.30. The van der Waals surface area contributed by atoms with Gasteiger partial charge in [0.1, 0.15) is 0 Å². The summed E-state index contributed by atoms with van der Waals surface area (Å²) in [7, 11) is 0. The topological polar surface area (TPSA) is 43.8 Å². The Balaban J connectivity index is 2.23. The van der Waals surface area contributed by atoms with Gasteiger partial charge in [0.15, 0.2) is 5.95 Å². The number of nitrogens with two attached hydrogens (primary N) is 1. The number of hydrogen-bond acceptors (Lipinski definition) is 2. The summed E-state index contributed by atoms with van der Waals surface area (Å²) in [4.78, 5) is 4.13. The molecule has 2 N–H and O–H groups in total. The van der Waals surface area contributed by atoms with Crippen LogP contribution in [0.15, 0.2) is 30.5 Å². The van der Waals surface area contributed by atoms with E-state index in [2.05, 4.69) is 4.98 Å². The molecule has 0 bridgehead atoms. The van der Waals surface area contributed by atoms with E-state index in [1.54, 1.807) is 16.8 Å². The number of nitrogens with zero attached hydrogens (tertiary/aromatic N) is 2. The number of rotatable bonds is 3. The number of aryl methyl sites for hydroxylation is 1. The molecule has 2 aromatic rings. The number of halogens is 3. The minimum Gasteiger partial charge on any atom is -0.369 e. The van der Waals surface area contributed by atoms with Crippen LogP contribution in [0, 0.1) is 0 Å². The molecule has 1 heterocycles. The summed E-state index contributed by atoms with van der Waals surface area (Å²) in [6.45, 7) is 2.60. The van der Waals surface area contributed by atoms with Crippen molar-refractivity contribution in [1.82, 2.24) is 9.55 Å². The SMILES string of the molecule is CCn1cc(Cc2cccc(C(F)(F)F)c2)nc1N. The Morgan fingerprint density at radius 2 is 2.05 bits per heavy atom. The van der Waals surface area contributed by atoms with Crippen LogP contribution in [0.25, 0.3) is 0 Å². The van der Waals surface area contributed by atoms with E-state index in [0.29, 0.717) is 30.2 Å². The van der Waals surface area contributed by atoms with Crippen LogP contribution < -0.4 is 5.73 Å². The zero-order valence-corrected chi connectivity index (χ0v) is 10.4. The van der Waals surface area contributed by atoms with E-state index >= 15 is 0 Å². The molecule has 2 rings (SSSR count). The quantitative estimate of drug-likeness (QED) is 0.930. The summed E-state index contributed by atoms with van der Waals surface area (Å²) in [5, 5.41) is 0. The van der Waals surface area contributed by atoms with Gasteiger partial charge in [-0.15, -0.1) is 0 Å². The molecule has 0 unspecified atom stereocenters. The summed E-state index contributed by atoms with van der Waals surface area (Å²) in [6.07, 6.45) is -2.23. The van der Waals surface area contributed by atoms with Crippen molar-refractivity contribution < 1.29 is 13.2 Å². The van der Waals surface area contributed by atoms with E-state index in [1.807, 2.05) is 6.92 Å². The number of alkyl halides is 3. The molecule has 0 fully saturated rings. The molecule has 0 aliphatic carbocycles. The number of imidazole rings is 1. The molecule has 0 saturated heterocycles. The smallest absolute Gasteiger partial charge is 0.369 e. The van der Waals surface area contributed by atoms with E-state index < -0.39 is 11.7 Å². The van der Waals surface area contributed by atoms with Gasteiger partial charge in [0, 0.05) is 19.2 Å². The molecule has 0 spiro atoms. The van der Waals surface area contributed by atoms with Gasteiger partial charge in [-0.1, -0.05) is 18.2 Å². The van der Waals surface area contributed by atoms with Crippen LogP contribution >= 0.6 is 0 Å². The molecule has 3 nitrogen and oxygen atoms in total. The molecule has 19 heavy (non-hydrogen) atoms. The standard InChI is InChI=1S/C13H14F3N3/c1-2-19-8-11(18-12(19)17)7-9-4-3-5-10(6-9)13(14,15)16/h3-6,8H,2,7H2,1H3,(H2,17,18). The van der Waals surface area contributed by atoms with Gasteiger partial charge in [-0.05, 0) is 18.6 Å². The van der Waals surface area contributed by atoms with Gasteiger partial charge in [0.2, 0.25) is 0 Å². The van der Waals surface area contributed by atoms with Crippen LogP contribution in [0.5, 0.6) is 0 Å². The lowest BCUT2D eigenvalue weighted by molar-refractivity contribution is -0.137. The highest BCUT2D eigenvalue weighted by molar-refractivity contribution is 5.30. The Morgan fingerprint density at radius 3 is 2.63 bits per heavy atom. The van der Waals surface area contributed by atoms with Crippen molar-refractivity contribution in [3.63, 3.8) is 0 Å². The van der Waals surface area contributed by atoms with Crippen LogP contribution in [0.1, 0.15) is 23.7 Å². The fraction of sp³-hybridized carbons (Fsp3) is 0.308. The fourth-order valence-electron chi connectivity index (χ4n) is 1.89. The maximum atomic E-state index is 12.6. The first-order valence-electron chi connectivity index (χ1n) is 5.88. The number of nitrogen functional groups attached to an aromatic ring is 1. The van der Waals surface area contributed by atoms with Crippen molar-refractivity contribution >= 4 is 5.95 Å². The maximum Gasteiger partial charge on any atom is 0.416 e. The first-order valence-corrected chi connectivity index (χ1v) is 5.88. The third kappa shape index (κ3) is 3.07. The van der Waals surface area contributed by atoms with E-state index in [9.17, 15) is 13.2 Å². The lowest BCUT2D eigenvalue weighted by Gasteiger charge is -2.07. The van der Waals surface area contributed by atoms with E-state index in [0.717, 1.165) is 12.1 Å². The van der Waals surface area contributed by atoms with Crippen LogP contribution in [0.2, 0.25) is 0 Å². The molecule has 0 amide bonds. The monoisotopic (exact) mass is 269 g/mol. The van der Waals surface area contributed by atoms with Gasteiger partial charge in [0.25, 0.3) is 0 Å². The Hall–Kier alpha value is -1.98. The van der Waals surface area contributed by atoms with Gasteiger partial charge in [-0.2, -0.15) is 13.2 Å². The second kappa shape index (κ2) is 4.95. The summed E-state index contributed by atoms with van der Waals surface area (Å²) in [5.41, 5.74) is 6.26. The Kier molecular flexibility index (Phi) is 3.50. The van der Waals surface area contributed by atoms with Crippen molar-refractivity contribution in [2.24, 2.45) is 0 Å². The van der Waals surface area contributed by atoms with Crippen molar-refractivity contribution in [2.45, 2.75) is 26.1 Å². The van der Waals surface area contributed by atoms with Gasteiger partial charge < -0.3 is 10.3 Å². The van der Waals surface area contributed by atoms with Crippen molar-refractivity contribution in [3.05, 3.63) is 47.3 Å². The number of benzene rings is 1. The third-order valence-electron chi connectivity index (χ3n) is 2.84. The predicted molar refractivity (Wildman–Crippen MR) is 66.6 cm³/mol. The van der Waals surface area contributed by atoms with Crippen molar-refractivity contribution in [3.8, 4) is 0 Å². The molecular formula is C13H14F3N3. The largest absolute Gasteiger partial charge is 0.416 e. The lowest BCUT2D eigenvalue weighted by Crippen LogP contribution is -2.05. The molecule has 0 saturated carbocycles. The van der Waals surface area contributed by atoms with E-state index in [-0.39, 0.29) is 0 Å². The van der Waals surface area contributed by atoms with Gasteiger partial charge >= 0.3 is 6.18 Å². The Morgan fingerprint density at radius 1 is 1.32 bits per heavy atom. The molecule has 0 aliphatic rings. The van der Waals surface area contributed by atoms with Crippen LogP contribution in [-0.4, -0.2) is 9.55 Å². The number of anilines is 1. The van der Waals surface area contributed by atoms with Crippen LogP contribution in [0.4, 0.5) is 19.1 Å². The number of aromatic nitrogens is 2. The second-order valence-corrected chi connectivity index (χ2v) is 4.25. The normalized spacial score (nSPS) is 11.8.